The molecule has 0 bridgehead atoms. The predicted octanol–water partition coefficient (Wildman–Crippen LogP) is 4.28. The molecule has 132 valence electrons. The minimum absolute atomic E-state index is 0.176. The van der Waals surface area contributed by atoms with Gasteiger partial charge in [0.2, 0.25) is 0 Å². The van der Waals surface area contributed by atoms with Crippen molar-refractivity contribution < 1.29 is 4.39 Å². The van der Waals surface area contributed by atoms with Gasteiger partial charge >= 0.3 is 0 Å². The topological polar surface area (TPSA) is 60.9 Å². The molecule has 1 heterocycles. The second kappa shape index (κ2) is 6.88. The van der Waals surface area contributed by atoms with Crippen LogP contribution in [-0.4, -0.2) is 9.55 Å². The first-order chi connectivity index (χ1) is 13.1. The molecule has 27 heavy (non-hydrogen) atoms. The maximum absolute atomic E-state index is 13.1. The van der Waals surface area contributed by atoms with Crippen LogP contribution in [-0.2, 0) is 0 Å². The molecule has 0 aliphatic carbocycles. The van der Waals surface area contributed by atoms with E-state index < -0.39 is 0 Å². The third-order valence-corrected chi connectivity index (χ3v) is 4.22. The van der Waals surface area contributed by atoms with Crippen molar-refractivity contribution in [3.8, 4) is 5.69 Å². The van der Waals surface area contributed by atoms with Crippen LogP contribution >= 0.6 is 0 Å². The van der Waals surface area contributed by atoms with Gasteiger partial charge in [0.05, 0.1) is 16.6 Å². The van der Waals surface area contributed by atoms with E-state index in [1.165, 1.54) is 16.7 Å². The summed E-state index contributed by atoms with van der Waals surface area (Å²) in [5.41, 5.74) is 8.33. The van der Waals surface area contributed by atoms with E-state index in [4.69, 9.17) is 5.73 Å². The molecule has 4 aromatic rings. The number of hydrogen-bond donors (Lipinski definition) is 1. The Balaban J connectivity index is 1.93. The average Bonchev–Trinajstić information content (AvgIpc) is 2.68. The molecule has 3 aromatic carbocycles. The molecule has 0 atom stereocenters. The SMILES string of the molecule is Nc1cccc(-n2c(/C=C/c3ccc(F)cc3)nc3ccccc3c2=O)c1. The summed E-state index contributed by atoms with van der Waals surface area (Å²) in [7, 11) is 0. The Hall–Kier alpha value is -3.73. The summed E-state index contributed by atoms with van der Waals surface area (Å²) in [6.07, 6.45) is 3.53. The van der Waals surface area contributed by atoms with Crippen LogP contribution in [0.4, 0.5) is 10.1 Å². The van der Waals surface area contributed by atoms with Crippen LogP contribution in [0.25, 0.3) is 28.7 Å². The molecular weight excluding hydrogens is 341 g/mol. The van der Waals surface area contributed by atoms with Crippen molar-refractivity contribution in [2.75, 3.05) is 5.73 Å². The molecule has 0 aliphatic heterocycles. The molecule has 4 nitrogen and oxygen atoms in total. The lowest BCUT2D eigenvalue weighted by Crippen LogP contribution is -2.22. The minimum Gasteiger partial charge on any atom is -0.399 e. The Labute approximate surface area is 155 Å². The number of nitrogen functional groups attached to an aromatic ring is 1. The molecule has 5 heteroatoms. The standard InChI is InChI=1S/C22H16FN3O/c23-16-11-8-15(9-12-16)10-13-21-25-20-7-2-1-6-19(20)22(27)26(21)18-5-3-4-17(24)14-18/h1-14H,24H2/b13-10+. The number of para-hydroxylation sites is 1. The highest BCUT2D eigenvalue weighted by Crippen LogP contribution is 2.17. The van der Waals surface area contributed by atoms with Gasteiger partial charge in [-0.05, 0) is 54.1 Å². The van der Waals surface area contributed by atoms with Gasteiger partial charge in [0, 0.05) is 5.69 Å². The second-order valence-electron chi connectivity index (χ2n) is 6.11. The highest BCUT2D eigenvalue weighted by atomic mass is 19.1. The highest BCUT2D eigenvalue weighted by Gasteiger charge is 2.11. The maximum atomic E-state index is 13.1. The molecule has 0 amide bonds. The van der Waals surface area contributed by atoms with E-state index in [9.17, 15) is 9.18 Å². The minimum atomic E-state index is -0.298. The lowest BCUT2D eigenvalue weighted by Gasteiger charge is -2.12. The van der Waals surface area contributed by atoms with Gasteiger partial charge in [-0.15, -0.1) is 0 Å². The Kier molecular flexibility index (Phi) is 4.26. The smallest absolute Gasteiger partial charge is 0.266 e. The van der Waals surface area contributed by atoms with Crippen molar-refractivity contribution in [3.63, 3.8) is 0 Å². The maximum Gasteiger partial charge on any atom is 0.266 e. The summed E-state index contributed by atoms with van der Waals surface area (Å²) in [4.78, 5) is 17.8. The third-order valence-electron chi connectivity index (χ3n) is 4.22. The van der Waals surface area contributed by atoms with E-state index in [1.807, 2.05) is 18.2 Å². The number of fused-ring (bicyclic) bond motifs is 1. The van der Waals surface area contributed by atoms with Gasteiger partial charge in [-0.25, -0.2) is 9.37 Å². The molecular formula is C22H16FN3O. The zero-order valence-corrected chi connectivity index (χ0v) is 14.3. The van der Waals surface area contributed by atoms with Crippen LogP contribution in [0.2, 0.25) is 0 Å². The van der Waals surface area contributed by atoms with E-state index in [0.29, 0.717) is 28.1 Å². The monoisotopic (exact) mass is 357 g/mol. The number of nitrogens with two attached hydrogens (primary N) is 1. The fraction of sp³-hybridized carbons (Fsp3) is 0. The number of benzene rings is 3. The van der Waals surface area contributed by atoms with Crippen LogP contribution in [0.15, 0.2) is 77.6 Å². The highest BCUT2D eigenvalue weighted by molar-refractivity contribution is 5.80. The Morgan fingerprint density at radius 1 is 0.926 bits per heavy atom. The largest absolute Gasteiger partial charge is 0.399 e. The van der Waals surface area contributed by atoms with Crippen molar-refractivity contribution in [2.24, 2.45) is 0 Å². The predicted molar refractivity (Wildman–Crippen MR) is 107 cm³/mol. The number of nitrogens with zero attached hydrogens (tertiary/aromatic N) is 2. The summed E-state index contributed by atoms with van der Waals surface area (Å²) in [5.74, 6) is 0.168. The van der Waals surface area contributed by atoms with Gasteiger partial charge in [-0.3, -0.25) is 9.36 Å². The van der Waals surface area contributed by atoms with Gasteiger partial charge in [0.15, 0.2) is 0 Å². The van der Waals surface area contributed by atoms with E-state index in [0.717, 1.165) is 5.56 Å². The zero-order chi connectivity index (χ0) is 18.8. The van der Waals surface area contributed by atoms with Crippen LogP contribution in [0.5, 0.6) is 0 Å². The summed E-state index contributed by atoms with van der Waals surface area (Å²) in [6, 6.07) is 20.4. The van der Waals surface area contributed by atoms with Crippen LogP contribution < -0.4 is 11.3 Å². The molecule has 4 rings (SSSR count). The number of hydrogen-bond acceptors (Lipinski definition) is 3. The summed E-state index contributed by atoms with van der Waals surface area (Å²) >= 11 is 0. The Bertz CT molecular complexity index is 1210. The quantitative estimate of drug-likeness (QED) is 0.557. The number of halogens is 1. The summed E-state index contributed by atoms with van der Waals surface area (Å²) in [6.45, 7) is 0. The fourth-order valence-electron chi connectivity index (χ4n) is 2.92. The lowest BCUT2D eigenvalue weighted by atomic mass is 10.2. The third kappa shape index (κ3) is 3.35. The van der Waals surface area contributed by atoms with Gasteiger partial charge in [0.25, 0.3) is 5.56 Å². The fourth-order valence-corrected chi connectivity index (χ4v) is 2.92. The van der Waals surface area contributed by atoms with Crippen molar-refractivity contribution in [3.05, 3.63) is 100 Å². The molecule has 0 fully saturated rings. The van der Waals surface area contributed by atoms with E-state index in [1.54, 1.807) is 54.6 Å². The van der Waals surface area contributed by atoms with Crippen LogP contribution in [0, 0.1) is 5.82 Å². The van der Waals surface area contributed by atoms with Gasteiger partial charge < -0.3 is 5.73 Å². The number of anilines is 1. The number of aromatic nitrogens is 2. The van der Waals surface area contributed by atoms with Crippen LogP contribution in [0.1, 0.15) is 11.4 Å². The van der Waals surface area contributed by atoms with E-state index in [2.05, 4.69) is 4.98 Å². The second-order valence-corrected chi connectivity index (χ2v) is 6.11. The lowest BCUT2D eigenvalue weighted by molar-refractivity contribution is 0.628. The Morgan fingerprint density at radius 2 is 1.70 bits per heavy atom. The molecule has 1 aromatic heterocycles. The van der Waals surface area contributed by atoms with Crippen molar-refractivity contribution in [1.82, 2.24) is 9.55 Å². The first-order valence-electron chi connectivity index (χ1n) is 8.43. The average molecular weight is 357 g/mol. The van der Waals surface area contributed by atoms with Crippen molar-refractivity contribution in [2.45, 2.75) is 0 Å². The zero-order valence-electron chi connectivity index (χ0n) is 14.3. The van der Waals surface area contributed by atoms with Crippen molar-refractivity contribution >= 4 is 28.7 Å². The molecule has 0 unspecified atom stereocenters. The van der Waals surface area contributed by atoms with Gasteiger partial charge in [-0.2, -0.15) is 0 Å². The first-order valence-corrected chi connectivity index (χ1v) is 8.43. The summed E-state index contributed by atoms with van der Waals surface area (Å²) < 4.78 is 14.6. The molecule has 0 radical (unpaired) electrons. The first kappa shape index (κ1) is 16.7. The molecule has 2 N–H and O–H groups in total. The van der Waals surface area contributed by atoms with Gasteiger partial charge in [0.1, 0.15) is 11.6 Å². The van der Waals surface area contributed by atoms with E-state index in [-0.39, 0.29) is 11.4 Å². The Morgan fingerprint density at radius 3 is 2.48 bits per heavy atom. The van der Waals surface area contributed by atoms with Crippen LogP contribution in [0.3, 0.4) is 0 Å². The summed E-state index contributed by atoms with van der Waals surface area (Å²) in [5, 5.41) is 0.527. The molecule has 0 spiro atoms. The molecule has 0 aliphatic rings. The normalized spacial score (nSPS) is 11.3. The van der Waals surface area contributed by atoms with Gasteiger partial charge in [-0.1, -0.05) is 36.4 Å². The number of rotatable bonds is 3. The van der Waals surface area contributed by atoms with Crippen molar-refractivity contribution in [1.29, 1.82) is 0 Å². The molecule has 0 saturated heterocycles. The van der Waals surface area contributed by atoms with E-state index >= 15 is 0 Å². The molecule has 0 saturated carbocycles.